The Labute approximate surface area is 193 Å². The summed E-state index contributed by atoms with van der Waals surface area (Å²) in [6.45, 7) is 0. The molecule has 2 nitrogen and oxygen atoms in total. The lowest BCUT2D eigenvalue weighted by Crippen LogP contribution is -1.91. The van der Waals surface area contributed by atoms with Crippen molar-refractivity contribution in [1.29, 1.82) is 0 Å². The molecule has 2 heterocycles. The molecule has 0 fully saturated rings. The van der Waals surface area contributed by atoms with Gasteiger partial charge in [0, 0.05) is 46.8 Å². The topological polar surface area (TPSA) is 25.8 Å². The van der Waals surface area contributed by atoms with E-state index < -0.39 is 23.3 Å². The molecule has 5 rings (SSSR count). The van der Waals surface area contributed by atoms with Gasteiger partial charge < -0.3 is 0 Å². The smallest absolute Gasteiger partial charge is 0.135 e. The summed E-state index contributed by atoms with van der Waals surface area (Å²) in [7, 11) is 0. The molecule has 0 aliphatic carbocycles. The minimum Gasteiger partial charge on any atom is -0.256 e. The number of aromatic nitrogens is 2. The van der Waals surface area contributed by atoms with Crippen molar-refractivity contribution in [3.8, 4) is 44.8 Å². The van der Waals surface area contributed by atoms with Gasteiger partial charge >= 0.3 is 0 Å². The molecule has 0 amide bonds. The van der Waals surface area contributed by atoms with Gasteiger partial charge in [-0.2, -0.15) is 0 Å². The van der Waals surface area contributed by atoms with Crippen LogP contribution in [0, 0.1) is 23.3 Å². The van der Waals surface area contributed by atoms with Crippen LogP contribution in [0.2, 0.25) is 0 Å². The van der Waals surface area contributed by atoms with Gasteiger partial charge in [0.25, 0.3) is 0 Å². The van der Waals surface area contributed by atoms with Crippen LogP contribution in [-0.4, -0.2) is 9.97 Å². The highest BCUT2D eigenvalue weighted by Crippen LogP contribution is 2.29. The van der Waals surface area contributed by atoms with Crippen LogP contribution in [0.1, 0.15) is 0 Å². The maximum Gasteiger partial charge on any atom is 0.135 e. The van der Waals surface area contributed by atoms with E-state index in [4.69, 9.17) is 0 Å². The Kier molecular flexibility index (Phi) is 5.64. The zero-order valence-electron chi connectivity index (χ0n) is 17.6. The summed E-state index contributed by atoms with van der Waals surface area (Å²) in [6, 6.07) is 21.5. The predicted molar refractivity (Wildman–Crippen MR) is 124 cm³/mol. The number of halogens is 4. The lowest BCUT2D eigenvalue weighted by atomic mass is 10.00. The number of rotatable bonds is 4. The SMILES string of the molecule is Fc1ccc(-c2ccc(-c3cccc(-c4ccc(-c5ccc(F)cc5F)nc4)c3)cn2)c(F)c1. The van der Waals surface area contributed by atoms with Crippen molar-refractivity contribution in [3.05, 3.63) is 121 Å². The monoisotopic (exact) mass is 456 g/mol. The highest BCUT2D eigenvalue weighted by atomic mass is 19.1. The minimum absolute atomic E-state index is 0.227. The first-order valence-corrected chi connectivity index (χ1v) is 10.4. The molecule has 0 aliphatic heterocycles. The average Bonchev–Trinajstić information content (AvgIpc) is 2.85. The molecule has 3 aromatic carbocycles. The van der Waals surface area contributed by atoms with Crippen LogP contribution in [0.3, 0.4) is 0 Å². The molecule has 0 bridgehead atoms. The third kappa shape index (κ3) is 4.30. The van der Waals surface area contributed by atoms with Gasteiger partial charge in [0.2, 0.25) is 0 Å². The minimum atomic E-state index is -0.668. The molecule has 34 heavy (non-hydrogen) atoms. The Morgan fingerprint density at radius 2 is 0.912 bits per heavy atom. The Morgan fingerprint density at radius 3 is 1.29 bits per heavy atom. The first-order chi connectivity index (χ1) is 16.5. The van der Waals surface area contributed by atoms with Gasteiger partial charge in [0.05, 0.1) is 11.4 Å². The van der Waals surface area contributed by atoms with E-state index in [1.165, 1.54) is 24.3 Å². The summed E-state index contributed by atoms with van der Waals surface area (Å²) in [5.41, 5.74) is 4.71. The molecule has 0 N–H and O–H groups in total. The molecule has 5 aromatic rings. The van der Waals surface area contributed by atoms with Gasteiger partial charge in [-0.25, -0.2) is 17.6 Å². The summed E-state index contributed by atoms with van der Waals surface area (Å²) in [5, 5.41) is 0. The summed E-state index contributed by atoms with van der Waals surface area (Å²) in [6.07, 6.45) is 3.27. The molecule has 0 aliphatic rings. The zero-order chi connectivity index (χ0) is 23.7. The number of benzene rings is 3. The van der Waals surface area contributed by atoms with Crippen molar-refractivity contribution in [1.82, 2.24) is 9.97 Å². The van der Waals surface area contributed by atoms with Crippen molar-refractivity contribution >= 4 is 0 Å². The lowest BCUT2D eigenvalue weighted by Gasteiger charge is -2.08. The maximum absolute atomic E-state index is 14.1. The Hall–Kier alpha value is -4.32. The molecule has 0 unspecified atom stereocenters. The van der Waals surface area contributed by atoms with Crippen molar-refractivity contribution in [2.75, 3.05) is 0 Å². The maximum atomic E-state index is 14.1. The van der Waals surface area contributed by atoms with Crippen molar-refractivity contribution < 1.29 is 17.6 Å². The largest absolute Gasteiger partial charge is 0.256 e. The van der Waals surface area contributed by atoms with Crippen LogP contribution in [0.4, 0.5) is 17.6 Å². The molecule has 0 spiro atoms. The second kappa shape index (κ2) is 8.90. The third-order valence-electron chi connectivity index (χ3n) is 5.47. The fourth-order valence-electron chi connectivity index (χ4n) is 3.72. The van der Waals surface area contributed by atoms with Crippen LogP contribution in [0.15, 0.2) is 97.3 Å². The zero-order valence-corrected chi connectivity index (χ0v) is 17.6. The summed E-state index contributed by atoms with van der Waals surface area (Å²) in [5.74, 6) is -2.61. The van der Waals surface area contributed by atoms with Crippen molar-refractivity contribution in [3.63, 3.8) is 0 Å². The fraction of sp³-hybridized carbons (Fsp3) is 0. The van der Waals surface area contributed by atoms with Gasteiger partial charge in [0.1, 0.15) is 23.3 Å². The summed E-state index contributed by atoms with van der Waals surface area (Å²) < 4.78 is 54.5. The number of hydrogen-bond acceptors (Lipinski definition) is 2. The molecule has 6 heteroatoms. The molecule has 166 valence electrons. The first-order valence-electron chi connectivity index (χ1n) is 10.4. The Morgan fingerprint density at radius 1 is 0.441 bits per heavy atom. The van der Waals surface area contributed by atoms with Gasteiger partial charge in [-0.05, 0) is 53.6 Å². The summed E-state index contributed by atoms with van der Waals surface area (Å²) >= 11 is 0. The molecular weight excluding hydrogens is 440 g/mol. The lowest BCUT2D eigenvalue weighted by molar-refractivity contribution is 0.584. The predicted octanol–water partition coefficient (Wildman–Crippen LogP) is 7.70. The van der Waals surface area contributed by atoms with Crippen LogP contribution in [0.5, 0.6) is 0 Å². The molecular formula is C28H16F4N2. The Balaban J connectivity index is 1.41. The summed E-state index contributed by atoms with van der Waals surface area (Å²) in [4.78, 5) is 8.68. The average molecular weight is 456 g/mol. The van der Waals surface area contributed by atoms with Crippen molar-refractivity contribution in [2.24, 2.45) is 0 Å². The highest BCUT2D eigenvalue weighted by Gasteiger charge is 2.10. The molecule has 0 saturated carbocycles. The van der Waals surface area contributed by atoms with E-state index in [0.29, 0.717) is 11.4 Å². The van der Waals surface area contributed by atoms with E-state index in [2.05, 4.69) is 9.97 Å². The van der Waals surface area contributed by atoms with E-state index in [-0.39, 0.29) is 11.1 Å². The van der Waals surface area contributed by atoms with Crippen LogP contribution in [0.25, 0.3) is 44.8 Å². The van der Waals surface area contributed by atoms with Crippen LogP contribution >= 0.6 is 0 Å². The standard InChI is InChI=1S/C28H16F4N2/c29-21-6-8-23(25(31)13-21)27-10-4-19(15-33-27)17-2-1-3-18(12-17)20-5-11-28(34-16-20)24-9-7-22(30)14-26(24)32/h1-16H. The number of pyridine rings is 2. The number of nitrogens with zero attached hydrogens (tertiary/aromatic N) is 2. The molecule has 2 aromatic heterocycles. The fourth-order valence-corrected chi connectivity index (χ4v) is 3.72. The normalized spacial score (nSPS) is 10.9. The quantitative estimate of drug-likeness (QED) is 0.259. The van der Waals surface area contributed by atoms with Gasteiger partial charge in [0.15, 0.2) is 0 Å². The van der Waals surface area contributed by atoms with E-state index in [1.54, 1.807) is 24.5 Å². The molecule has 0 radical (unpaired) electrons. The van der Waals surface area contributed by atoms with E-state index >= 15 is 0 Å². The van der Waals surface area contributed by atoms with E-state index in [9.17, 15) is 17.6 Å². The highest BCUT2D eigenvalue weighted by molar-refractivity contribution is 5.74. The molecule has 0 atom stereocenters. The van der Waals surface area contributed by atoms with Gasteiger partial charge in [-0.1, -0.05) is 30.3 Å². The van der Waals surface area contributed by atoms with Crippen LogP contribution in [-0.2, 0) is 0 Å². The Bertz CT molecular complexity index is 1370. The first kappa shape index (κ1) is 21.5. The second-order valence-electron chi connectivity index (χ2n) is 7.69. The van der Waals surface area contributed by atoms with E-state index in [0.717, 1.165) is 34.4 Å². The van der Waals surface area contributed by atoms with Crippen LogP contribution < -0.4 is 0 Å². The molecule has 0 saturated heterocycles. The van der Waals surface area contributed by atoms with Gasteiger partial charge in [-0.15, -0.1) is 0 Å². The van der Waals surface area contributed by atoms with Gasteiger partial charge in [-0.3, -0.25) is 9.97 Å². The third-order valence-corrected chi connectivity index (χ3v) is 5.47. The second-order valence-corrected chi connectivity index (χ2v) is 7.69. The van der Waals surface area contributed by atoms with E-state index in [1.807, 2.05) is 36.4 Å². The van der Waals surface area contributed by atoms with Crippen molar-refractivity contribution in [2.45, 2.75) is 0 Å². The number of hydrogen-bond donors (Lipinski definition) is 0.